The largest absolute Gasteiger partial charge is 0.369 e. The molecule has 102 valence electrons. The number of benzene rings is 1. The summed E-state index contributed by atoms with van der Waals surface area (Å²) in [5, 5.41) is 8.46. The van der Waals surface area contributed by atoms with Gasteiger partial charge in [-0.05, 0) is 40.6 Å². The van der Waals surface area contributed by atoms with E-state index in [1.807, 2.05) is 12.1 Å². The lowest BCUT2D eigenvalue weighted by Crippen LogP contribution is -2.20. The first-order chi connectivity index (χ1) is 9.22. The van der Waals surface area contributed by atoms with E-state index in [2.05, 4.69) is 47.1 Å². The molecule has 1 aromatic heterocycles. The third-order valence-corrected chi connectivity index (χ3v) is 4.05. The minimum Gasteiger partial charge on any atom is -0.369 e. The van der Waals surface area contributed by atoms with E-state index in [9.17, 15) is 0 Å². The molecule has 2 nitrogen and oxygen atoms in total. The van der Waals surface area contributed by atoms with Crippen LogP contribution in [0.25, 0.3) is 0 Å². The van der Waals surface area contributed by atoms with Crippen LogP contribution < -0.4 is 10.2 Å². The highest BCUT2D eigenvalue weighted by atomic mass is 35.5. The van der Waals surface area contributed by atoms with Crippen molar-refractivity contribution in [1.29, 1.82) is 0 Å². The molecule has 1 N–H and O–H groups in total. The van der Waals surface area contributed by atoms with Gasteiger partial charge in [-0.2, -0.15) is 11.3 Å². The van der Waals surface area contributed by atoms with Crippen molar-refractivity contribution >= 4 is 28.6 Å². The van der Waals surface area contributed by atoms with Gasteiger partial charge in [-0.3, -0.25) is 0 Å². The minimum atomic E-state index is 0.813. The molecule has 0 radical (unpaired) electrons. The van der Waals surface area contributed by atoms with Gasteiger partial charge in [0, 0.05) is 20.1 Å². The monoisotopic (exact) mass is 294 g/mol. The van der Waals surface area contributed by atoms with Crippen LogP contribution in [-0.4, -0.2) is 13.6 Å². The van der Waals surface area contributed by atoms with Crippen molar-refractivity contribution in [2.24, 2.45) is 0 Å². The average molecular weight is 295 g/mol. The zero-order valence-electron chi connectivity index (χ0n) is 11.3. The number of hydrogen-bond acceptors (Lipinski definition) is 3. The summed E-state index contributed by atoms with van der Waals surface area (Å²) in [5.41, 5.74) is 3.69. The van der Waals surface area contributed by atoms with Crippen molar-refractivity contribution in [3.8, 4) is 0 Å². The van der Waals surface area contributed by atoms with Gasteiger partial charge in [0.25, 0.3) is 0 Å². The molecule has 1 heterocycles. The van der Waals surface area contributed by atoms with Crippen LogP contribution in [0.1, 0.15) is 18.1 Å². The Morgan fingerprint density at radius 1 is 1.32 bits per heavy atom. The predicted octanol–water partition coefficient (Wildman–Crippen LogP) is 4.15. The highest BCUT2D eigenvalue weighted by Crippen LogP contribution is 2.30. The van der Waals surface area contributed by atoms with E-state index in [0.717, 1.165) is 30.3 Å². The molecule has 2 rings (SSSR count). The Balaban J connectivity index is 2.21. The van der Waals surface area contributed by atoms with E-state index >= 15 is 0 Å². The van der Waals surface area contributed by atoms with Gasteiger partial charge in [0.1, 0.15) is 0 Å². The molecule has 0 saturated heterocycles. The first-order valence-electron chi connectivity index (χ1n) is 6.42. The molecule has 0 aliphatic rings. The first kappa shape index (κ1) is 14.4. The Kier molecular flexibility index (Phi) is 5.25. The van der Waals surface area contributed by atoms with Crippen LogP contribution in [0.3, 0.4) is 0 Å². The van der Waals surface area contributed by atoms with E-state index in [4.69, 9.17) is 11.6 Å². The number of thiophene rings is 1. The minimum absolute atomic E-state index is 0.813. The van der Waals surface area contributed by atoms with Crippen LogP contribution in [-0.2, 0) is 13.1 Å². The lowest BCUT2D eigenvalue weighted by Gasteiger charge is -2.23. The molecule has 0 unspecified atom stereocenters. The summed E-state index contributed by atoms with van der Waals surface area (Å²) >= 11 is 8.10. The Morgan fingerprint density at radius 3 is 2.84 bits per heavy atom. The normalized spacial score (nSPS) is 10.7. The fraction of sp³-hybridized carbons (Fsp3) is 0.333. The van der Waals surface area contributed by atoms with Gasteiger partial charge in [-0.25, -0.2) is 0 Å². The topological polar surface area (TPSA) is 15.3 Å². The summed E-state index contributed by atoms with van der Waals surface area (Å²) in [6.45, 7) is 4.80. The molecule has 0 aliphatic carbocycles. The molecular formula is C15H19ClN2S. The maximum atomic E-state index is 6.38. The van der Waals surface area contributed by atoms with Crippen molar-refractivity contribution in [2.45, 2.75) is 20.0 Å². The number of hydrogen-bond donors (Lipinski definition) is 1. The number of anilines is 1. The highest BCUT2D eigenvalue weighted by molar-refractivity contribution is 7.07. The summed E-state index contributed by atoms with van der Waals surface area (Å²) in [6, 6.07) is 8.25. The van der Waals surface area contributed by atoms with Crippen molar-refractivity contribution in [2.75, 3.05) is 18.5 Å². The number of nitrogens with zero attached hydrogens (tertiary/aromatic N) is 1. The molecule has 1 aromatic carbocycles. The summed E-state index contributed by atoms with van der Waals surface area (Å²) in [7, 11) is 2.09. The SMILES string of the molecule is CCNCc1cccc(Cl)c1N(C)Cc1ccsc1. The van der Waals surface area contributed by atoms with Crippen molar-refractivity contribution in [3.63, 3.8) is 0 Å². The molecule has 0 spiro atoms. The fourth-order valence-electron chi connectivity index (χ4n) is 2.13. The second-order valence-corrected chi connectivity index (χ2v) is 5.70. The first-order valence-corrected chi connectivity index (χ1v) is 7.74. The van der Waals surface area contributed by atoms with Gasteiger partial charge in [0.05, 0.1) is 10.7 Å². The molecule has 0 amide bonds. The molecule has 19 heavy (non-hydrogen) atoms. The number of halogens is 1. The smallest absolute Gasteiger partial charge is 0.0642 e. The summed E-state index contributed by atoms with van der Waals surface area (Å²) in [5.74, 6) is 0. The lowest BCUT2D eigenvalue weighted by molar-refractivity contribution is 0.723. The standard InChI is InChI=1S/C15H19ClN2S/c1-3-17-9-13-5-4-6-14(16)15(13)18(2)10-12-7-8-19-11-12/h4-8,11,17H,3,9-10H2,1-2H3. The quantitative estimate of drug-likeness (QED) is 0.861. The van der Waals surface area contributed by atoms with Crippen molar-refractivity contribution in [1.82, 2.24) is 5.32 Å². The maximum absolute atomic E-state index is 6.38. The van der Waals surface area contributed by atoms with E-state index < -0.39 is 0 Å². The Bertz CT molecular complexity index is 511. The Morgan fingerprint density at radius 2 is 2.16 bits per heavy atom. The highest BCUT2D eigenvalue weighted by Gasteiger charge is 2.12. The van der Waals surface area contributed by atoms with Crippen LogP contribution in [0, 0.1) is 0 Å². The second kappa shape index (κ2) is 6.94. The lowest BCUT2D eigenvalue weighted by atomic mass is 10.1. The van der Waals surface area contributed by atoms with Crippen molar-refractivity contribution < 1.29 is 0 Å². The van der Waals surface area contributed by atoms with Gasteiger partial charge in [0.15, 0.2) is 0 Å². The molecule has 0 atom stereocenters. The Labute approximate surface area is 124 Å². The van der Waals surface area contributed by atoms with Crippen LogP contribution in [0.2, 0.25) is 5.02 Å². The van der Waals surface area contributed by atoms with Gasteiger partial charge in [-0.15, -0.1) is 0 Å². The van der Waals surface area contributed by atoms with Crippen LogP contribution in [0.4, 0.5) is 5.69 Å². The van der Waals surface area contributed by atoms with Crippen LogP contribution >= 0.6 is 22.9 Å². The molecule has 0 bridgehead atoms. The summed E-state index contributed by atoms with van der Waals surface area (Å²) < 4.78 is 0. The maximum Gasteiger partial charge on any atom is 0.0642 e. The van der Waals surface area contributed by atoms with E-state index in [-0.39, 0.29) is 0 Å². The molecule has 2 aromatic rings. The van der Waals surface area contributed by atoms with Gasteiger partial charge >= 0.3 is 0 Å². The van der Waals surface area contributed by atoms with Gasteiger partial charge < -0.3 is 10.2 Å². The Hall–Kier alpha value is -1.03. The molecule has 4 heteroatoms. The third kappa shape index (κ3) is 3.72. The second-order valence-electron chi connectivity index (χ2n) is 4.52. The van der Waals surface area contributed by atoms with Gasteiger partial charge in [-0.1, -0.05) is 30.7 Å². The third-order valence-electron chi connectivity index (χ3n) is 3.02. The van der Waals surface area contributed by atoms with Crippen LogP contribution in [0.15, 0.2) is 35.0 Å². The number of para-hydroxylation sites is 1. The fourth-order valence-corrected chi connectivity index (χ4v) is 3.12. The predicted molar refractivity (Wildman–Crippen MR) is 85.3 cm³/mol. The van der Waals surface area contributed by atoms with Crippen LogP contribution in [0.5, 0.6) is 0 Å². The molecule has 0 fully saturated rings. The molecule has 0 aliphatic heterocycles. The summed E-state index contributed by atoms with van der Waals surface area (Å²) in [4.78, 5) is 2.22. The molecule has 0 saturated carbocycles. The summed E-state index contributed by atoms with van der Waals surface area (Å²) in [6.07, 6.45) is 0. The zero-order chi connectivity index (χ0) is 13.7. The van der Waals surface area contributed by atoms with E-state index in [0.29, 0.717) is 0 Å². The van der Waals surface area contributed by atoms with E-state index in [1.165, 1.54) is 11.1 Å². The average Bonchev–Trinajstić information content (AvgIpc) is 2.89. The zero-order valence-corrected chi connectivity index (χ0v) is 12.9. The van der Waals surface area contributed by atoms with Crippen molar-refractivity contribution in [3.05, 3.63) is 51.2 Å². The molecular weight excluding hydrogens is 276 g/mol. The number of nitrogens with one attached hydrogen (secondary N) is 1. The number of rotatable bonds is 6. The van der Waals surface area contributed by atoms with Gasteiger partial charge in [0.2, 0.25) is 0 Å². The van der Waals surface area contributed by atoms with E-state index in [1.54, 1.807) is 11.3 Å².